The topological polar surface area (TPSA) is 104 Å². The van der Waals surface area contributed by atoms with Crippen molar-refractivity contribution in [1.29, 1.82) is 0 Å². The number of carbonyl (C=O) groups excluding carboxylic acids is 1. The third kappa shape index (κ3) is 3.85. The lowest BCUT2D eigenvalue weighted by atomic mass is 10.0. The Bertz CT molecular complexity index is 1880. The highest BCUT2D eigenvalue weighted by Gasteiger charge is 2.32. The van der Waals surface area contributed by atoms with Crippen LogP contribution in [0.4, 0.5) is 10.2 Å². The molecule has 1 fully saturated rings. The monoisotopic (exact) mass is 521 g/mol. The molecule has 5 aromatic rings. The zero-order valence-corrected chi connectivity index (χ0v) is 21.3. The van der Waals surface area contributed by atoms with E-state index < -0.39 is 11.7 Å². The fourth-order valence-electron chi connectivity index (χ4n) is 5.15. The number of halogens is 1. The summed E-state index contributed by atoms with van der Waals surface area (Å²) in [6, 6.07) is 8.61. The Kier molecular flexibility index (Phi) is 5.10. The molecule has 0 saturated heterocycles. The Labute approximate surface area is 223 Å². The number of anilines is 1. The van der Waals surface area contributed by atoms with E-state index in [4.69, 9.17) is 10.5 Å². The molecule has 2 aromatic carbocycles. The number of hydrogen-bond acceptors (Lipinski definition) is 6. The fraction of sp³-hybridized carbons (Fsp3) is 0.241. The number of nitrogen functional groups attached to an aromatic ring is 1. The van der Waals surface area contributed by atoms with E-state index in [0.29, 0.717) is 33.6 Å². The first kappa shape index (κ1) is 23.2. The van der Waals surface area contributed by atoms with Gasteiger partial charge in [0.15, 0.2) is 0 Å². The largest absolute Gasteiger partial charge is 0.491 e. The number of benzene rings is 2. The van der Waals surface area contributed by atoms with Gasteiger partial charge < -0.3 is 15.4 Å². The Morgan fingerprint density at radius 1 is 1.13 bits per heavy atom. The van der Waals surface area contributed by atoms with E-state index in [-0.39, 0.29) is 24.0 Å². The quantitative estimate of drug-likeness (QED) is 0.360. The minimum atomic E-state index is -0.664. The summed E-state index contributed by atoms with van der Waals surface area (Å²) in [5.41, 5.74) is 9.56. The zero-order valence-electron chi connectivity index (χ0n) is 21.3. The Morgan fingerprint density at radius 2 is 1.95 bits per heavy atom. The van der Waals surface area contributed by atoms with E-state index in [1.54, 1.807) is 31.2 Å². The van der Waals surface area contributed by atoms with Crippen molar-refractivity contribution >= 4 is 33.5 Å². The number of likely N-dealkylation sites (N-methyl/N-ethyl adjacent to an activating group) is 1. The number of nitrogens with zero attached hydrogens (tertiary/aromatic N) is 6. The number of pyridine rings is 1. The minimum absolute atomic E-state index is 0.0539. The van der Waals surface area contributed by atoms with Crippen LogP contribution in [0.5, 0.6) is 5.75 Å². The number of aromatic nitrogens is 5. The normalized spacial score (nSPS) is 16.1. The lowest BCUT2D eigenvalue weighted by Gasteiger charge is -2.24. The fourth-order valence-corrected chi connectivity index (χ4v) is 5.15. The van der Waals surface area contributed by atoms with Crippen molar-refractivity contribution in [3.63, 3.8) is 0 Å². The van der Waals surface area contributed by atoms with Gasteiger partial charge in [-0.1, -0.05) is 17.9 Å². The molecule has 3 aromatic heterocycles. The average Bonchev–Trinajstić information content (AvgIpc) is 3.32. The maximum absolute atomic E-state index is 15.2. The molecular formula is C29H24FN7O2. The van der Waals surface area contributed by atoms with Crippen molar-refractivity contribution < 1.29 is 13.9 Å². The van der Waals surface area contributed by atoms with Gasteiger partial charge in [0.2, 0.25) is 0 Å². The van der Waals surface area contributed by atoms with E-state index in [1.165, 1.54) is 29.9 Å². The molecule has 1 saturated carbocycles. The van der Waals surface area contributed by atoms with Gasteiger partial charge in [-0.2, -0.15) is 10.2 Å². The molecule has 0 bridgehead atoms. The summed E-state index contributed by atoms with van der Waals surface area (Å²) < 4.78 is 24.7. The van der Waals surface area contributed by atoms with Crippen LogP contribution in [-0.4, -0.2) is 49.0 Å². The van der Waals surface area contributed by atoms with Crippen LogP contribution in [0.25, 0.3) is 21.8 Å². The van der Waals surface area contributed by atoms with E-state index in [9.17, 15) is 4.79 Å². The van der Waals surface area contributed by atoms with Crippen molar-refractivity contribution in [3.8, 4) is 17.6 Å². The molecule has 7 rings (SSSR count). The smallest absolute Gasteiger partial charge is 0.257 e. The van der Waals surface area contributed by atoms with Crippen LogP contribution in [0.3, 0.4) is 0 Å². The minimum Gasteiger partial charge on any atom is -0.491 e. The number of ether oxygens (including phenoxy) is 1. The molecule has 1 aliphatic carbocycles. The summed E-state index contributed by atoms with van der Waals surface area (Å²) in [6.07, 6.45) is 7.70. The molecule has 0 spiro atoms. The number of nitrogens with two attached hydrogens (primary N) is 1. The Morgan fingerprint density at radius 3 is 2.77 bits per heavy atom. The highest BCUT2D eigenvalue weighted by Crippen LogP contribution is 2.38. The first-order valence-corrected chi connectivity index (χ1v) is 12.7. The standard InChI is InChI=1S/C29H24FN7O2/c1-35(29(38)20-10-21-24(11-23(20)30)34-28(31)22-13-32-36(2)27(21)22)25-15-39-26-9-16(5-8-19(25)26)3-4-17-12-33-37(14-17)18-6-7-18/h5,8-14,18,25H,6-7,15H2,1-2H3,(H2,31,34)/t25-/m1/s1. The van der Waals surface area contributed by atoms with Gasteiger partial charge in [0.1, 0.15) is 24.0 Å². The number of aryl methyl sites for hydroxylation is 1. The molecule has 39 heavy (non-hydrogen) atoms. The molecule has 4 heterocycles. The third-order valence-corrected chi connectivity index (χ3v) is 7.46. The van der Waals surface area contributed by atoms with Gasteiger partial charge >= 0.3 is 0 Å². The molecule has 9 nitrogen and oxygen atoms in total. The van der Waals surface area contributed by atoms with Crippen molar-refractivity contribution in [2.24, 2.45) is 7.05 Å². The van der Waals surface area contributed by atoms with Crippen LogP contribution < -0.4 is 10.5 Å². The van der Waals surface area contributed by atoms with Crippen molar-refractivity contribution in [2.45, 2.75) is 24.9 Å². The third-order valence-electron chi connectivity index (χ3n) is 7.46. The summed E-state index contributed by atoms with van der Waals surface area (Å²) in [6.45, 7) is 0.266. The predicted molar refractivity (Wildman–Crippen MR) is 144 cm³/mol. The molecule has 0 radical (unpaired) electrons. The molecule has 0 unspecified atom stereocenters. The summed E-state index contributed by atoms with van der Waals surface area (Å²) in [7, 11) is 3.42. The van der Waals surface area contributed by atoms with Gasteiger partial charge in [0.05, 0.1) is 52.0 Å². The Hall–Kier alpha value is -4.91. The second kappa shape index (κ2) is 8.56. The highest BCUT2D eigenvalue weighted by atomic mass is 19.1. The summed E-state index contributed by atoms with van der Waals surface area (Å²) in [5.74, 6) is 6.12. The number of fused-ring (bicyclic) bond motifs is 4. The van der Waals surface area contributed by atoms with Crippen LogP contribution in [0, 0.1) is 17.7 Å². The maximum Gasteiger partial charge on any atom is 0.257 e. The first-order chi connectivity index (χ1) is 18.9. The number of hydrogen-bond donors (Lipinski definition) is 1. The summed E-state index contributed by atoms with van der Waals surface area (Å²) in [4.78, 5) is 19.4. The van der Waals surface area contributed by atoms with Crippen molar-refractivity contribution in [1.82, 2.24) is 29.4 Å². The maximum atomic E-state index is 15.2. The lowest BCUT2D eigenvalue weighted by molar-refractivity contribution is 0.0704. The average molecular weight is 522 g/mol. The second-order valence-corrected chi connectivity index (χ2v) is 10.1. The van der Waals surface area contributed by atoms with E-state index >= 15 is 4.39 Å². The van der Waals surface area contributed by atoms with Gasteiger partial charge in [-0.25, -0.2) is 9.37 Å². The van der Waals surface area contributed by atoms with Crippen LogP contribution >= 0.6 is 0 Å². The van der Waals surface area contributed by atoms with E-state index in [2.05, 4.69) is 27.0 Å². The summed E-state index contributed by atoms with van der Waals surface area (Å²) >= 11 is 0. The van der Waals surface area contributed by atoms with E-state index in [0.717, 1.165) is 16.7 Å². The molecule has 1 atom stereocenters. The first-order valence-electron chi connectivity index (χ1n) is 12.7. The molecule has 194 valence electrons. The van der Waals surface area contributed by atoms with Gasteiger partial charge in [-0.3, -0.25) is 14.2 Å². The summed E-state index contributed by atoms with van der Waals surface area (Å²) in [5, 5.41) is 9.88. The number of carbonyl (C=O) groups is 1. The highest BCUT2D eigenvalue weighted by molar-refractivity contribution is 6.10. The van der Waals surface area contributed by atoms with Gasteiger partial charge in [-0.05, 0) is 31.0 Å². The molecular weight excluding hydrogens is 497 g/mol. The second-order valence-electron chi connectivity index (χ2n) is 10.1. The molecule has 2 N–H and O–H groups in total. The predicted octanol–water partition coefficient (Wildman–Crippen LogP) is 3.98. The molecule has 1 amide bonds. The van der Waals surface area contributed by atoms with Crippen LogP contribution in [-0.2, 0) is 7.05 Å². The van der Waals surface area contributed by atoms with E-state index in [1.807, 2.05) is 29.1 Å². The molecule has 2 aliphatic rings. The lowest BCUT2D eigenvalue weighted by Crippen LogP contribution is -2.32. The number of amides is 1. The van der Waals surface area contributed by atoms with Crippen molar-refractivity contribution in [3.05, 3.63) is 77.0 Å². The van der Waals surface area contributed by atoms with Crippen LogP contribution in [0.2, 0.25) is 0 Å². The SMILES string of the molecule is CN(C(=O)c1cc2c(cc1F)nc(N)c1cnn(C)c12)[C@@H]1COc2cc(C#Cc3cnn(C4CC4)c3)ccc21. The van der Waals surface area contributed by atoms with Crippen molar-refractivity contribution in [2.75, 3.05) is 19.4 Å². The molecule has 10 heteroatoms. The Balaban J connectivity index is 1.17. The molecule has 1 aliphatic heterocycles. The van der Waals surface area contributed by atoms with Crippen LogP contribution in [0.1, 0.15) is 52.0 Å². The van der Waals surface area contributed by atoms with Gasteiger partial charge in [-0.15, -0.1) is 0 Å². The number of rotatable bonds is 3. The van der Waals surface area contributed by atoms with Gasteiger partial charge in [0.25, 0.3) is 5.91 Å². The van der Waals surface area contributed by atoms with Gasteiger partial charge in [0, 0.05) is 42.9 Å². The zero-order chi connectivity index (χ0) is 26.8. The van der Waals surface area contributed by atoms with Crippen LogP contribution in [0.15, 0.2) is 48.9 Å².